The normalized spacial score (nSPS) is 14.1. The molecule has 1 aromatic rings. The van der Waals surface area contributed by atoms with Gasteiger partial charge in [0.25, 0.3) is 0 Å². The van der Waals surface area contributed by atoms with Gasteiger partial charge >= 0.3 is 0 Å². The lowest BCUT2D eigenvalue weighted by Crippen LogP contribution is -2.40. The first-order chi connectivity index (χ1) is 9.21. The zero-order chi connectivity index (χ0) is 14.1. The minimum absolute atomic E-state index is 0.440. The molecule has 108 valence electrons. The highest BCUT2D eigenvalue weighted by molar-refractivity contribution is 5.28. The summed E-state index contributed by atoms with van der Waals surface area (Å²) in [5.74, 6) is 1.63. The van der Waals surface area contributed by atoms with Gasteiger partial charge in [-0.15, -0.1) is 0 Å². The quantitative estimate of drug-likeness (QED) is 0.726. The molecule has 1 rings (SSSR count). The van der Waals surface area contributed by atoms with Crippen molar-refractivity contribution < 1.29 is 4.74 Å². The number of hydrogen-bond donors (Lipinski definition) is 1. The lowest BCUT2D eigenvalue weighted by Gasteiger charge is -2.24. The topological polar surface area (TPSA) is 21.3 Å². The minimum atomic E-state index is 0.440. The minimum Gasteiger partial charge on any atom is -0.492 e. The summed E-state index contributed by atoms with van der Waals surface area (Å²) >= 11 is 0. The third kappa shape index (κ3) is 5.65. The summed E-state index contributed by atoms with van der Waals surface area (Å²) < 4.78 is 5.97. The largest absolute Gasteiger partial charge is 0.492 e. The number of nitrogens with one attached hydrogen (secondary N) is 1. The molecule has 0 radical (unpaired) electrons. The molecule has 19 heavy (non-hydrogen) atoms. The summed E-state index contributed by atoms with van der Waals surface area (Å²) in [5, 5.41) is 3.59. The Balaban J connectivity index is 2.54. The van der Waals surface area contributed by atoms with Gasteiger partial charge in [-0.2, -0.15) is 0 Å². The van der Waals surface area contributed by atoms with E-state index in [4.69, 9.17) is 4.74 Å². The van der Waals surface area contributed by atoms with Crippen LogP contribution in [0.2, 0.25) is 0 Å². The maximum atomic E-state index is 5.97. The molecule has 2 unspecified atom stereocenters. The van der Waals surface area contributed by atoms with Crippen molar-refractivity contribution in [1.29, 1.82) is 0 Å². The van der Waals surface area contributed by atoms with Crippen LogP contribution < -0.4 is 10.1 Å². The van der Waals surface area contributed by atoms with Crippen LogP contribution in [0.5, 0.6) is 5.75 Å². The van der Waals surface area contributed by atoms with Crippen LogP contribution in [0.4, 0.5) is 0 Å². The Morgan fingerprint density at radius 3 is 2.63 bits per heavy atom. The Morgan fingerprint density at radius 1 is 1.21 bits per heavy atom. The molecule has 0 saturated carbocycles. The third-order valence-corrected chi connectivity index (χ3v) is 3.72. The molecule has 1 N–H and O–H groups in total. The van der Waals surface area contributed by atoms with Gasteiger partial charge < -0.3 is 10.1 Å². The first-order valence-corrected chi connectivity index (χ1v) is 7.66. The van der Waals surface area contributed by atoms with Crippen LogP contribution in [0.3, 0.4) is 0 Å². The maximum Gasteiger partial charge on any atom is 0.119 e. The standard InChI is InChI=1S/C17H29NO/c1-5-11-18-17(14(4)6-2)13-19-16-10-8-9-15(7-3)12-16/h8-10,12,14,17-18H,5-7,11,13H2,1-4H3. The average molecular weight is 263 g/mol. The second kappa shape index (κ2) is 8.98. The van der Waals surface area contributed by atoms with E-state index in [2.05, 4.69) is 51.2 Å². The van der Waals surface area contributed by atoms with E-state index in [1.807, 2.05) is 6.07 Å². The second-order valence-electron chi connectivity index (χ2n) is 5.26. The molecule has 0 aromatic heterocycles. The zero-order valence-corrected chi connectivity index (χ0v) is 12.9. The van der Waals surface area contributed by atoms with Gasteiger partial charge in [-0.3, -0.25) is 0 Å². The van der Waals surface area contributed by atoms with E-state index in [-0.39, 0.29) is 0 Å². The van der Waals surface area contributed by atoms with Gasteiger partial charge in [0.1, 0.15) is 12.4 Å². The van der Waals surface area contributed by atoms with Gasteiger partial charge in [0.05, 0.1) is 0 Å². The smallest absolute Gasteiger partial charge is 0.119 e. The molecule has 0 aliphatic heterocycles. The highest BCUT2D eigenvalue weighted by Crippen LogP contribution is 2.16. The van der Waals surface area contributed by atoms with Crippen molar-refractivity contribution in [3.63, 3.8) is 0 Å². The number of aryl methyl sites for hydroxylation is 1. The molecule has 2 heteroatoms. The average Bonchev–Trinajstić information content (AvgIpc) is 2.46. The van der Waals surface area contributed by atoms with E-state index in [1.54, 1.807) is 0 Å². The molecule has 0 aliphatic rings. The van der Waals surface area contributed by atoms with E-state index < -0.39 is 0 Å². The lowest BCUT2D eigenvalue weighted by atomic mass is 10.00. The Kier molecular flexibility index (Phi) is 7.57. The highest BCUT2D eigenvalue weighted by Gasteiger charge is 2.15. The Hall–Kier alpha value is -1.02. The van der Waals surface area contributed by atoms with Crippen molar-refractivity contribution in [2.24, 2.45) is 5.92 Å². The summed E-state index contributed by atoms with van der Waals surface area (Å²) in [4.78, 5) is 0. The van der Waals surface area contributed by atoms with Gasteiger partial charge in [-0.25, -0.2) is 0 Å². The molecular weight excluding hydrogens is 234 g/mol. The van der Waals surface area contributed by atoms with Crippen LogP contribution in [0, 0.1) is 5.92 Å². The fraction of sp³-hybridized carbons (Fsp3) is 0.647. The highest BCUT2D eigenvalue weighted by atomic mass is 16.5. The van der Waals surface area contributed by atoms with E-state index in [0.29, 0.717) is 12.0 Å². The van der Waals surface area contributed by atoms with Crippen LogP contribution in [0.25, 0.3) is 0 Å². The lowest BCUT2D eigenvalue weighted by molar-refractivity contribution is 0.220. The van der Waals surface area contributed by atoms with E-state index in [9.17, 15) is 0 Å². The van der Waals surface area contributed by atoms with Crippen LogP contribution >= 0.6 is 0 Å². The van der Waals surface area contributed by atoms with Gasteiger partial charge in [-0.1, -0.05) is 46.2 Å². The number of benzene rings is 1. The first kappa shape index (κ1) is 16.0. The first-order valence-electron chi connectivity index (χ1n) is 7.66. The van der Waals surface area contributed by atoms with Gasteiger partial charge in [0.2, 0.25) is 0 Å². The molecule has 1 aromatic carbocycles. The van der Waals surface area contributed by atoms with Crippen molar-refractivity contribution in [3.05, 3.63) is 29.8 Å². The number of hydrogen-bond acceptors (Lipinski definition) is 2. The summed E-state index contributed by atoms with van der Waals surface area (Å²) in [6.07, 6.45) is 3.40. The van der Waals surface area contributed by atoms with Crippen molar-refractivity contribution in [3.8, 4) is 5.75 Å². The molecule has 0 heterocycles. The molecule has 2 nitrogen and oxygen atoms in total. The van der Waals surface area contributed by atoms with Gasteiger partial charge in [-0.05, 0) is 43.0 Å². The van der Waals surface area contributed by atoms with E-state index in [1.165, 1.54) is 12.0 Å². The van der Waals surface area contributed by atoms with Crippen molar-refractivity contribution in [2.45, 2.75) is 53.0 Å². The van der Waals surface area contributed by atoms with Crippen molar-refractivity contribution in [2.75, 3.05) is 13.2 Å². The van der Waals surface area contributed by atoms with E-state index in [0.717, 1.165) is 31.7 Å². The fourth-order valence-corrected chi connectivity index (χ4v) is 2.08. The van der Waals surface area contributed by atoms with Crippen LogP contribution in [0.15, 0.2) is 24.3 Å². The molecule has 0 aliphatic carbocycles. The number of ether oxygens (including phenoxy) is 1. The maximum absolute atomic E-state index is 5.97. The summed E-state index contributed by atoms with van der Waals surface area (Å²) in [6.45, 7) is 10.7. The molecular formula is C17H29NO. The zero-order valence-electron chi connectivity index (χ0n) is 12.9. The SMILES string of the molecule is CCCNC(COc1cccc(CC)c1)C(C)CC. The van der Waals surface area contributed by atoms with Crippen molar-refractivity contribution in [1.82, 2.24) is 5.32 Å². The Bertz CT molecular complexity index is 351. The molecule has 0 fully saturated rings. The second-order valence-corrected chi connectivity index (χ2v) is 5.26. The van der Waals surface area contributed by atoms with Gasteiger partial charge in [0.15, 0.2) is 0 Å². The predicted molar refractivity (Wildman–Crippen MR) is 82.9 cm³/mol. The Labute approximate surface area is 118 Å². The summed E-state index contributed by atoms with van der Waals surface area (Å²) in [5.41, 5.74) is 1.33. The molecule has 0 bridgehead atoms. The van der Waals surface area contributed by atoms with E-state index >= 15 is 0 Å². The predicted octanol–water partition coefficient (Wildman–Crippen LogP) is 4.04. The fourth-order valence-electron chi connectivity index (χ4n) is 2.08. The monoisotopic (exact) mass is 263 g/mol. The van der Waals surface area contributed by atoms with Crippen LogP contribution in [0.1, 0.15) is 46.1 Å². The Morgan fingerprint density at radius 2 is 2.00 bits per heavy atom. The molecule has 0 spiro atoms. The molecule has 0 saturated heterocycles. The van der Waals surface area contributed by atoms with Crippen molar-refractivity contribution >= 4 is 0 Å². The van der Waals surface area contributed by atoms with Crippen LogP contribution in [-0.4, -0.2) is 19.2 Å². The summed E-state index contributed by atoms with van der Waals surface area (Å²) in [6, 6.07) is 8.86. The number of rotatable bonds is 9. The molecule has 0 amide bonds. The molecule has 2 atom stereocenters. The third-order valence-electron chi connectivity index (χ3n) is 3.72. The van der Waals surface area contributed by atoms with Gasteiger partial charge in [0, 0.05) is 6.04 Å². The summed E-state index contributed by atoms with van der Waals surface area (Å²) in [7, 11) is 0. The van der Waals surface area contributed by atoms with Crippen LogP contribution in [-0.2, 0) is 6.42 Å².